The summed E-state index contributed by atoms with van der Waals surface area (Å²) in [7, 11) is 1.69. The fourth-order valence-electron chi connectivity index (χ4n) is 2.42. The monoisotopic (exact) mass is 262 g/mol. The Balaban J connectivity index is 2.01. The van der Waals surface area contributed by atoms with Crippen molar-refractivity contribution >= 4 is 10.9 Å². The van der Waals surface area contributed by atoms with Gasteiger partial charge in [0.1, 0.15) is 5.75 Å². The second-order valence-electron chi connectivity index (χ2n) is 4.64. The Labute approximate surface area is 117 Å². The molecule has 20 heavy (non-hydrogen) atoms. The summed E-state index contributed by atoms with van der Waals surface area (Å²) in [6.07, 6.45) is 2.04. The van der Waals surface area contributed by atoms with Gasteiger partial charge in [0.05, 0.1) is 25.3 Å². The van der Waals surface area contributed by atoms with E-state index < -0.39 is 0 Å². The molecule has 3 nitrogen and oxygen atoms in total. The summed E-state index contributed by atoms with van der Waals surface area (Å²) in [4.78, 5) is 0. The third kappa shape index (κ3) is 2.12. The summed E-state index contributed by atoms with van der Waals surface area (Å²) in [5.74, 6) is 0.892. The first-order chi connectivity index (χ1) is 9.81. The Hall–Kier alpha value is -2.73. The fourth-order valence-corrected chi connectivity index (χ4v) is 2.42. The van der Waals surface area contributed by atoms with Crippen LogP contribution in [0.2, 0.25) is 0 Å². The van der Waals surface area contributed by atoms with Gasteiger partial charge in [-0.05, 0) is 30.3 Å². The van der Waals surface area contributed by atoms with E-state index in [9.17, 15) is 0 Å². The summed E-state index contributed by atoms with van der Waals surface area (Å²) >= 11 is 0. The van der Waals surface area contributed by atoms with Crippen molar-refractivity contribution in [3.63, 3.8) is 0 Å². The van der Waals surface area contributed by atoms with Crippen LogP contribution in [-0.2, 0) is 6.54 Å². The molecule has 2 aromatic carbocycles. The number of ether oxygens (including phenoxy) is 1. The van der Waals surface area contributed by atoms with E-state index in [1.165, 1.54) is 0 Å². The highest BCUT2D eigenvalue weighted by atomic mass is 16.5. The average molecular weight is 262 g/mol. The van der Waals surface area contributed by atoms with Gasteiger partial charge in [0.15, 0.2) is 0 Å². The van der Waals surface area contributed by atoms with Crippen molar-refractivity contribution in [2.24, 2.45) is 0 Å². The number of hydrogen-bond acceptors (Lipinski definition) is 2. The van der Waals surface area contributed by atoms with Crippen LogP contribution in [0, 0.1) is 11.3 Å². The van der Waals surface area contributed by atoms with Gasteiger partial charge in [-0.25, -0.2) is 0 Å². The van der Waals surface area contributed by atoms with Crippen LogP contribution in [0.5, 0.6) is 5.75 Å². The maximum atomic E-state index is 8.93. The van der Waals surface area contributed by atoms with Crippen molar-refractivity contribution in [1.82, 2.24) is 4.57 Å². The molecule has 1 heterocycles. The lowest BCUT2D eigenvalue weighted by Gasteiger charge is -2.10. The average Bonchev–Trinajstić information content (AvgIpc) is 2.90. The molecule has 0 spiro atoms. The molecule has 0 amide bonds. The third-order valence-electron chi connectivity index (χ3n) is 3.43. The first kappa shape index (κ1) is 12.3. The van der Waals surface area contributed by atoms with Crippen LogP contribution in [0.1, 0.15) is 11.1 Å². The predicted molar refractivity (Wildman–Crippen MR) is 78.7 cm³/mol. The summed E-state index contributed by atoms with van der Waals surface area (Å²) < 4.78 is 7.55. The Morgan fingerprint density at radius 1 is 1.15 bits per heavy atom. The van der Waals surface area contributed by atoms with Gasteiger partial charge < -0.3 is 9.30 Å². The van der Waals surface area contributed by atoms with Crippen LogP contribution >= 0.6 is 0 Å². The molecule has 0 fully saturated rings. The molecular formula is C17H14N2O. The molecule has 0 aliphatic rings. The number of aromatic nitrogens is 1. The minimum Gasteiger partial charge on any atom is -0.496 e. The highest BCUT2D eigenvalue weighted by molar-refractivity contribution is 5.81. The zero-order valence-electron chi connectivity index (χ0n) is 11.2. The lowest BCUT2D eigenvalue weighted by atomic mass is 10.1. The van der Waals surface area contributed by atoms with Gasteiger partial charge in [-0.15, -0.1) is 0 Å². The van der Waals surface area contributed by atoms with Gasteiger partial charge in [0, 0.05) is 22.7 Å². The Morgan fingerprint density at radius 3 is 2.80 bits per heavy atom. The van der Waals surface area contributed by atoms with Crippen molar-refractivity contribution in [2.75, 3.05) is 7.11 Å². The molecular weight excluding hydrogens is 248 g/mol. The summed E-state index contributed by atoms with van der Waals surface area (Å²) in [5, 5.41) is 10.0. The molecule has 0 saturated carbocycles. The van der Waals surface area contributed by atoms with Crippen molar-refractivity contribution in [2.45, 2.75) is 6.54 Å². The molecule has 0 unspecified atom stereocenters. The third-order valence-corrected chi connectivity index (χ3v) is 3.43. The van der Waals surface area contributed by atoms with E-state index in [2.05, 4.69) is 16.7 Å². The summed E-state index contributed by atoms with van der Waals surface area (Å²) in [6.45, 7) is 0.749. The van der Waals surface area contributed by atoms with Crippen LogP contribution < -0.4 is 4.74 Å². The molecule has 0 N–H and O–H groups in total. The molecule has 0 radical (unpaired) electrons. The maximum absolute atomic E-state index is 8.93. The number of methoxy groups -OCH3 is 1. The molecule has 1 aromatic heterocycles. The van der Waals surface area contributed by atoms with Crippen molar-refractivity contribution in [3.05, 3.63) is 65.9 Å². The predicted octanol–water partition coefficient (Wildman–Crippen LogP) is 3.57. The highest BCUT2D eigenvalue weighted by Gasteiger charge is 2.06. The van der Waals surface area contributed by atoms with Gasteiger partial charge in [-0.1, -0.05) is 18.2 Å². The second kappa shape index (κ2) is 5.10. The standard InChI is InChI=1S/C17H14N2O/c1-20-17-5-3-2-4-15(17)12-19-9-8-14-10-13(11-18)6-7-16(14)19/h2-10H,12H2,1H3. The number of fused-ring (bicyclic) bond motifs is 1. The molecule has 3 rings (SSSR count). The second-order valence-corrected chi connectivity index (χ2v) is 4.64. The number of nitriles is 1. The molecule has 0 bridgehead atoms. The number of nitrogens with zero attached hydrogens (tertiary/aromatic N) is 2. The Morgan fingerprint density at radius 2 is 2.00 bits per heavy atom. The van der Waals surface area contributed by atoms with Gasteiger partial charge in [0.25, 0.3) is 0 Å². The quantitative estimate of drug-likeness (QED) is 0.723. The summed E-state index contributed by atoms with van der Waals surface area (Å²) in [5.41, 5.74) is 2.94. The summed E-state index contributed by atoms with van der Waals surface area (Å²) in [6, 6.07) is 18.0. The normalized spacial score (nSPS) is 10.4. The maximum Gasteiger partial charge on any atom is 0.123 e. The van der Waals surface area contributed by atoms with Crippen LogP contribution in [0.25, 0.3) is 10.9 Å². The van der Waals surface area contributed by atoms with Gasteiger partial charge in [-0.3, -0.25) is 0 Å². The van der Waals surface area contributed by atoms with Crippen molar-refractivity contribution in [1.29, 1.82) is 5.26 Å². The highest BCUT2D eigenvalue weighted by Crippen LogP contribution is 2.22. The zero-order valence-corrected chi connectivity index (χ0v) is 11.2. The Bertz CT molecular complexity index is 796. The van der Waals surface area contributed by atoms with Crippen molar-refractivity contribution in [3.8, 4) is 11.8 Å². The van der Waals surface area contributed by atoms with E-state index in [-0.39, 0.29) is 0 Å². The molecule has 0 aliphatic heterocycles. The van der Waals surface area contributed by atoms with E-state index >= 15 is 0 Å². The minimum atomic E-state index is 0.688. The number of benzene rings is 2. The van der Waals surface area contributed by atoms with Crippen LogP contribution in [0.4, 0.5) is 0 Å². The van der Waals surface area contributed by atoms with Gasteiger partial charge in [0.2, 0.25) is 0 Å². The van der Waals surface area contributed by atoms with E-state index in [0.717, 1.165) is 28.8 Å². The lowest BCUT2D eigenvalue weighted by Crippen LogP contribution is -2.00. The Kier molecular flexibility index (Phi) is 3.14. The zero-order chi connectivity index (χ0) is 13.9. The van der Waals surface area contributed by atoms with Gasteiger partial charge >= 0.3 is 0 Å². The van der Waals surface area contributed by atoms with E-state index in [0.29, 0.717) is 5.56 Å². The van der Waals surface area contributed by atoms with Crippen LogP contribution in [0.15, 0.2) is 54.7 Å². The topological polar surface area (TPSA) is 38.0 Å². The fraction of sp³-hybridized carbons (Fsp3) is 0.118. The number of para-hydroxylation sites is 1. The molecule has 98 valence electrons. The first-order valence-electron chi connectivity index (χ1n) is 6.42. The largest absolute Gasteiger partial charge is 0.496 e. The van der Waals surface area contributed by atoms with Crippen LogP contribution in [-0.4, -0.2) is 11.7 Å². The van der Waals surface area contributed by atoms with Gasteiger partial charge in [-0.2, -0.15) is 5.26 Å². The van der Waals surface area contributed by atoms with E-state index in [4.69, 9.17) is 10.00 Å². The van der Waals surface area contributed by atoms with Crippen molar-refractivity contribution < 1.29 is 4.74 Å². The molecule has 3 aromatic rings. The van der Waals surface area contributed by atoms with E-state index in [1.807, 2.05) is 48.7 Å². The number of hydrogen-bond donors (Lipinski definition) is 0. The van der Waals surface area contributed by atoms with Crippen LogP contribution in [0.3, 0.4) is 0 Å². The molecule has 0 saturated heterocycles. The smallest absolute Gasteiger partial charge is 0.123 e. The minimum absolute atomic E-state index is 0.688. The molecule has 0 aliphatic carbocycles. The SMILES string of the molecule is COc1ccccc1Cn1ccc2cc(C#N)ccc21. The first-order valence-corrected chi connectivity index (χ1v) is 6.42. The molecule has 3 heteroatoms. The lowest BCUT2D eigenvalue weighted by molar-refractivity contribution is 0.408. The molecule has 0 atom stereocenters. The number of rotatable bonds is 3. The van der Waals surface area contributed by atoms with E-state index in [1.54, 1.807) is 7.11 Å².